The van der Waals surface area contributed by atoms with Crippen molar-refractivity contribution in [3.63, 3.8) is 0 Å². The van der Waals surface area contributed by atoms with Crippen LogP contribution in [0.3, 0.4) is 0 Å². The monoisotopic (exact) mass is 130 g/mol. The number of rotatable bonds is 1. The van der Waals surface area contributed by atoms with Gasteiger partial charge in [-0.15, -0.1) is 6.42 Å². The third-order valence-electron chi connectivity index (χ3n) is 1.55. The summed E-state index contributed by atoms with van der Waals surface area (Å²) < 4.78 is 0. The summed E-state index contributed by atoms with van der Waals surface area (Å²) in [6, 6.07) is 10.1. The van der Waals surface area contributed by atoms with Gasteiger partial charge in [0.25, 0.3) is 0 Å². The van der Waals surface area contributed by atoms with Crippen molar-refractivity contribution >= 4 is 0 Å². The van der Waals surface area contributed by atoms with E-state index >= 15 is 0 Å². The van der Waals surface area contributed by atoms with Gasteiger partial charge in [0.05, 0.1) is 0 Å². The van der Waals surface area contributed by atoms with Crippen molar-refractivity contribution < 1.29 is 0 Å². The standard InChI is InChI=1S/C10H10/c1-3-9(2)10-7-5-4-6-8-10/h1,4-9H,2H3/t9-/m0/s1. The molecule has 1 aromatic carbocycles. The van der Waals surface area contributed by atoms with Gasteiger partial charge < -0.3 is 0 Å². The van der Waals surface area contributed by atoms with E-state index in [9.17, 15) is 0 Å². The zero-order chi connectivity index (χ0) is 7.40. The number of hydrogen-bond donors (Lipinski definition) is 0. The summed E-state index contributed by atoms with van der Waals surface area (Å²) in [5.41, 5.74) is 1.21. The Morgan fingerprint density at radius 2 is 1.90 bits per heavy atom. The van der Waals surface area contributed by atoms with Gasteiger partial charge in [-0.25, -0.2) is 0 Å². The molecule has 10 heavy (non-hydrogen) atoms. The molecule has 1 atom stereocenters. The lowest BCUT2D eigenvalue weighted by molar-refractivity contribution is 1.01. The van der Waals surface area contributed by atoms with Crippen LogP contribution in [-0.2, 0) is 0 Å². The average Bonchev–Trinajstić information content (AvgIpc) is 2.05. The van der Waals surface area contributed by atoms with Gasteiger partial charge in [0.2, 0.25) is 0 Å². The van der Waals surface area contributed by atoms with Crippen LogP contribution in [0.4, 0.5) is 0 Å². The van der Waals surface area contributed by atoms with Gasteiger partial charge >= 0.3 is 0 Å². The second-order valence-corrected chi connectivity index (χ2v) is 2.30. The summed E-state index contributed by atoms with van der Waals surface area (Å²) in [5.74, 6) is 2.92. The first-order valence-electron chi connectivity index (χ1n) is 3.35. The lowest BCUT2D eigenvalue weighted by atomic mass is 10.0. The molecule has 0 saturated heterocycles. The predicted molar refractivity (Wildman–Crippen MR) is 43.7 cm³/mol. The van der Waals surface area contributed by atoms with Gasteiger partial charge in [0.15, 0.2) is 0 Å². The highest BCUT2D eigenvalue weighted by atomic mass is 14.0. The van der Waals surface area contributed by atoms with Crippen LogP contribution in [0, 0.1) is 12.3 Å². The smallest absolute Gasteiger partial charge is 0.0421 e. The van der Waals surface area contributed by atoms with Crippen LogP contribution < -0.4 is 0 Å². The van der Waals surface area contributed by atoms with Crippen LogP contribution in [0.25, 0.3) is 0 Å². The van der Waals surface area contributed by atoms with E-state index in [0.717, 1.165) is 0 Å². The van der Waals surface area contributed by atoms with E-state index in [2.05, 4.69) is 5.92 Å². The van der Waals surface area contributed by atoms with Crippen molar-refractivity contribution in [2.24, 2.45) is 0 Å². The quantitative estimate of drug-likeness (QED) is 0.512. The summed E-state index contributed by atoms with van der Waals surface area (Å²) in [5, 5.41) is 0. The molecule has 0 nitrogen and oxygen atoms in total. The molecule has 0 radical (unpaired) electrons. The average molecular weight is 130 g/mol. The molecule has 0 aromatic heterocycles. The van der Waals surface area contributed by atoms with Crippen LogP contribution in [0.2, 0.25) is 0 Å². The fourth-order valence-corrected chi connectivity index (χ4v) is 0.838. The molecular weight excluding hydrogens is 120 g/mol. The molecule has 1 aromatic rings. The molecule has 0 fully saturated rings. The van der Waals surface area contributed by atoms with Gasteiger partial charge in [-0.2, -0.15) is 0 Å². The summed E-state index contributed by atoms with van der Waals surface area (Å²) in [7, 11) is 0. The maximum Gasteiger partial charge on any atom is 0.0421 e. The van der Waals surface area contributed by atoms with Crippen molar-refractivity contribution in [1.29, 1.82) is 0 Å². The zero-order valence-electron chi connectivity index (χ0n) is 6.04. The van der Waals surface area contributed by atoms with Crippen molar-refractivity contribution in [2.45, 2.75) is 12.8 Å². The Morgan fingerprint density at radius 1 is 1.30 bits per heavy atom. The highest BCUT2D eigenvalue weighted by Gasteiger charge is 1.96. The Kier molecular flexibility index (Phi) is 2.12. The number of hydrogen-bond acceptors (Lipinski definition) is 0. The highest BCUT2D eigenvalue weighted by molar-refractivity contribution is 5.24. The fourth-order valence-electron chi connectivity index (χ4n) is 0.838. The molecule has 0 aliphatic heterocycles. The van der Waals surface area contributed by atoms with E-state index in [0.29, 0.717) is 0 Å². The Bertz CT molecular complexity index is 228. The lowest BCUT2D eigenvalue weighted by Crippen LogP contribution is -1.86. The Balaban J connectivity index is 2.88. The van der Waals surface area contributed by atoms with Crippen LogP contribution in [0.5, 0.6) is 0 Å². The normalized spacial score (nSPS) is 12.0. The van der Waals surface area contributed by atoms with Crippen molar-refractivity contribution in [2.75, 3.05) is 0 Å². The molecule has 0 heterocycles. The SMILES string of the molecule is C#C[C@H](C)c1ccccc1. The molecule has 0 bridgehead atoms. The van der Waals surface area contributed by atoms with E-state index in [4.69, 9.17) is 6.42 Å². The summed E-state index contributed by atoms with van der Waals surface area (Å²) >= 11 is 0. The molecule has 50 valence electrons. The molecule has 1 rings (SSSR count). The molecule has 0 unspecified atom stereocenters. The van der Waals surface area contributed by atoms with E-state index in [1.54, 1.807) is 0 Å². The van der Waals surface area contributed by atoms with Crippen LogP contribution in [0.15, 0.2) is 30.3 Å². The summed E-state index contributed by atoms with van der Waals surface area (Å²) in [6.07, 6.45) is 5.25. The van der Waals surface area contributed by atoms with Crippen molar-refractivity contribution in [3.8, 4) is 12.3 Å². The van der Waals surface area contributed by atoms with E-state index in [1.807, 2.05) is 37.3 Å². The van der Waals surface area contributed by atoms with E-state index in [-0.39, 0.29) is 5.92 Å². The molecule has 0 N–H and O–H groups in total. The second kappa shape index (κ2) is 3.08. The zero-order valence-corrected chi connectivity index (χ0v) is 6.04. The minimum Gasteiger partial charge on any atom is -0.119 e. The van der Waals surface area contributed by atoms with Crippen molar-refractivity contribution in [3.05, 3.63) is 35.9 Å². The van der Waals surface area contributed by atoms with Crippen LogP contribution in [-0.4, -0.2) is 0 Å². The van der Waals surface area contributed by atoms with Gasteiger partial charge in [0, 0.05) is 5.92 Å². The van der Waals surface area contributed by atoms with Gasteiger partial charge in [-0.3, -0.25) is 0 Å². The molecule has 0 aliphatic carbocycles. The predicted octanol–water partition coefficient (Wildman–Crippen LogP) is 2.42. The maximum atomic E-state index is 5.25. The first-order valence-corrected chi connectivity index (χ1v) is 3.35. The van der Waals surface area contributed by atoms with Crippen molar-refractivity contribution in [1.82, 2.24) is 0 Å². The number of benzene rings is 1. The highest BCUT2D eigenvalue weighted by Crippen LogP contribution is 2.11. The first kappa shape index (κ1) is 6.89. The lowest BCUT2D eigenvalue weighted by Gasteiger charge is -2.01. The minimum atomic E-state index is 0.237. The molecule has 0 amide bonds. The maximum absolute atomic E-state index is 5.25. The molecule has 0 spiro atoms. The largest absolute Gasteiger partial charge is 0.119 e. The topological polar surface area (TPSA) is 0 Å². The number of terminal acetylenes is 1. The van der Waals surface area contributed by atoms with Crippen LogP contribution >= 0.6 is 0 Å². The third-order valence-corrected chi connectivity index (χ3v) is 1.55. The Morgan fingerprint density at radius 3 is 2.40 bits per heavy atom. The molecule has 0 aliphatic rings. The summed E-state index contributed by atoms with van der Waals surface area (Å²) in [6.45, 7) is 2.02. The van der Waals surface area contributed by atoms with Gasteiger partial charge in [-0.05, 0) is 12.5 Å². The van der Waals surface area contributed by atoms with Gasteiger partial charge in [0.1, 0.15) is 0 Å². The van der Waals surface area contributed by atoms with Crippen LogP contribution in [0.1, 0.15) is 18.4 Å². The second-order valence-electron chi connectivity index (χ2n) is 2.30. The third kappa shape index (κ3) is 1.39. The Labute approximate surface area is 61.9 Å². The van der Waals surface area contributed by atoms with E-state index in [1.165, 1.54) is 5.56 Å². The van der Waals surface area contributed by atoms with E-state index < -0.39 is 0 Å². The van der Waals surface area contributed by atoms with Gasteiger partial charge in [-0.1, -0.05) is 36.3 Å². The fraction of sp³-hybridized carbons (Fsp3) is 0.200. The minimum absolute atomic E-state index is 0.237. The first-order chi connectivity index (χ1) is 4.84. The summed E-state index contributed by atoms with van der Waals surface area (Å²) in [4.78, 5) is 0. The molecule has 0 heteroatoms. The molecular formula is C10H10. The molecule has 0 saturated carbocycles. The Hall–Kier alpha value is -1.22.